The van der Waals surface area contributed by atoms with Crippen LogP contribution in [-0.2, 0) is 19.6 Å². The van der Waals surface area contributed by atoms with Crippen LogP contribution in [-0.4, -0.2) is 33.7 Å². The Bertz CT molecular complexity index is 607. The number of hydrogen-bond acceptors (Lipinski definition) is 6. The van der Waals surface area contributed by atoms with E-state index in [4.69, 9.17) is 0 Å². The van der Waals surface area contributed by atoms with E-state index >= 15 is 0 Å². The van der Waals surface area contributed by atoms with Crippen molar-refractivity contribution in [1.29, 1.82) is 0 Å². The number of ether oxygens (including phenoxy) is 1. The molecule has 0 aromatic heterocycles. The van der Waals surface area contributed by atoms with Crippen LogP contribution in [0.4, 0.5) is 14.5 Å². The number of benzene rings is 1. The van der Waals surface area contributed by atoms with Crippen LogP contribution in [0.3, 0.4) is 0 Å². The van der Waals surface area contributed by atoms with Gasteiger partial charge in [0.15, 0.2) is 0 Å². The number of halogens is 2. The van der Waals surface area contributed by atoms with Crippen LogP contribution in [0, 0.1) is 21.7 Å². The van der Waals surface area contributed by atoms with Crippen molar-refractivity contribution < 1.29 is 31.7 Å². The lowest BCUT2D eigenvalue weighted by molar-refractivity contribution is -0.387. The third-order valence-corrected chi connectivity index (χ3v) is 3.27. The molecule has 0 heterocycles. The van der Waals surface area contributed by atoms with Crippen molar-refractivity contribution in [2.75, 3.05) is 20.3 Å². The minimum atomic E-state index is -4.52. The van der Waals surface area contributed by atoms with Crippen molar-refractivity contribution in [1.82, 2.24) is 4.89 Å². The van der Waals surface area contributed by atoms with Gasteiger partial charge in [-0.15, -0.1) is 0 Å². The van der Waals surface area contributed by atoms with Crippen molar-refractivity contribution in [3.63, 3.8) is 0 Å². The summed E-state index contributed by atoms with van der Waals surface area (Å²) >= 11 is 0. The predicted molar refractivity (Wildman–Crippen MR) is 61.2 cm³/mol. The minimum Gasteiger partial charge on any atom is -0.382 e. The highest BCUT2D eigenvalue weighted by atomic mass is 32.2. The van der Waals surface area contributed by atoms with Gasteiger partial charge in [0.2, 0.25) is 5.82 Å². The van der Waals surface area contributed by atoms with Gasteiger partial charge in [-0.3, -0.25) is 15.0 Å². The lowest BCUT2D eigenvalue weighted by atomic mass is 10.3. The Balaban J connectivity index is 3.05. The number of nitrogens with zero attached hydrogens (tertiary/aromatic N) is 1. The molecule has 0 bridgehead atoms. The van der Waals surface area contributed by atoms with Crippen LogP contribution in [0.2, 0.25) is 0 Å². The lowest BCUT2D eigenvalue weighted by Gasteiger charge is -2.08. The monoisotopic (exact) mass is 312 g/mol. The highest BCUT2D eigenvalue weighted by molar-refractivity contribution is 7.89. The Morgan fingerprint density at radius 3 is 2.50 bits per heavy atom. The first-order valence-corrected chi connectivity index (χ1v) is 6.54. The average Bonchev–Trinajstić information content (AvgIpc) is 2.33. The molecule has 1 aromatic carbocycles. The van der Waals surface area contributed by atoms with E-state index in [1.807, 2.05) is 0 Å². The second-order valence-electron chi connectivity index (χ2n) is 3.42. The fourth-order valence-corrected chi connectivity index (χ4v) is 2.06. The summed E-state index contributed by atoms with van der Waals surface area (Å²) in [5.41, 5.74) is -1.16. The van der Waals surface area contributed by atoms with E-state index in [-0.39, 0.29) is 25.3 Å². The number of methoxy groups -OCH3 is 1. The largest absolute Gasteiger partial charge is 0.382 e. The second kappa shape index (κ2) is 6.65. The third kappa shape index (κ3) is 3.90. The van der Waals surface area contributed by atoms with Crippen molar-refractivity contribution in [2.45, 2.75) is 4.90 Å². The maximum Gasteiger partial charge on any atom is 0.306 e. The number of rotatable bonds is 7. The van der Waals surface area contributed by atoms with Gasteiger partial charge in [0, 0.05) is 19.2 Å². The van der Waals surface area contributed by atoms with E-state index in [0.717, 1.165) is 0 Å². The Hall–Kier alpha value is -1.69. The van der Waals surface area contributed by atoms with Gasteiger partial charge in [0.05, 0.1) is 18.1 Å². The smallest absolute Gasteiger partial charge is 0.306 e. The normalized spacial score (nSPS) is 11.6. The van der Waals surface area contributed by atoms with Crippen LogP contribution in [0.1, 0.15) is 0 Å². The maximum atomic E-state index is 13.4. The quantitative estimate of drug-likeness (QED) is 0.452. The van der Waals surface area contributed by atoms with E-state index in [1.54, 1.807) is 4.89 Å². The summed E-state index contributed by atoms with van der Waals surface area (Å²) in [6.07, 6.45) is 0. The molecular weight excluding hydrogens is 302 g/mol. The molecule has 1 aromatic rings. The Morgan fingerprint density at radius 2 is 1.95 bits per heavy atom. The molecule has 8 nitrogen and oxygen atoms in total. The molecule has 1 rings (SSSR count). The van der Waals surface area contributed by atoms with Gasteiger partial charge >= 0.3 is 5.69 Å². The topological polar surface area (TPSA) is 108 Å². The lowest BCUT2D eigenvalue weighted by Crippen LogP contribution is -2.26. The SMILES string of the molecule is COCCONS(=O)(=O)c1cc([N+](=O)[O-])c(F)cc1F. The van der Waals surface area contributed by atoms with Crippen molar-refractivity contribution in [2.24, 2.45) is 0 Å². The molecular formula is C9H10F2N2O6S. The molecule has 0 saturated carbocycles. The standard InChI is InChI=1S/C9H10F2N2O6S/c1-18-2-3-19-12-20(16,17)9-5-8(13(14)15)6(10)4-7(9)11/h4-5,12H,2-3H2,1H3. The molecule has 0 amide bonds. The fraction of sp³-hybridized carbons (Fsp3) is 0.333. The maximum absolute atomic E-state index is 13.4. The van der Waals surface area contributed by atoms with Crippen molar-refractivity contribution >= 4 is 15.7 Å². The molecule has 0 fully saturated rings. The number of hydrogen-bond donors (Lipinski definition) is 1. The Labute approximate surface area is 112 Å². The van der Waals surface area contributed by atoms with Crippen LogP contribution in [0.25, 0.3) is 0 Å². The summed E-state index contributed by atoms with van der Waals surface area (Å²) in [5.74, 6) is -2.96. The van der Waals surface area contributed by atoms with E-state index in [1.165, 1.54) is 7.11 Å². The van der Waals surface area contributed by atoms with Crippen molar-refractivity contribution in [3.8, 4) is 0 Å². The van der Waals surface area contributed by atoms with Crippen molar-refractivity contribution in [3.05, 3.63) is 33.9 Å². The predicted octanol–water partition coefficient (Wildman–Crippen LogP) is 0.729. The van der Waals surface area contributed by atoms with E-state index in [9.17, 15) is 27.3 Å². The first-order chi connectivity index (χ1) is 9.29. The van der Waals surface area contributed by atoms with Crippen LogP contribution >= 0.6 is 0 Å². The fourth-order valence-electron chi connectivity index (χ4n) is 1.15. The first kappa shape index (κ1) is 16.4. The second-order valence-corrected chi connectivity index (χ2v) is 5.03. The zero-order chi connectivity index (χ0) is 15.3. The molecule has 0 radical (unpaired) electrons. The Kier molecular flexibility index (Phi) is 5.44. The molecule has 1 N–H and O–H groups in total. The summed E-state index contributed by atoms with van der Waals surface area (Å²) in [6.45, 7) is -0.102. The molecule has 0 aliphatic carbocycles. The van der Waals surface area contributed by atoms with Gasteiger partial charge in [-0.05, 0) is 0 Å². The number of sulfonamides is 1. The highest BCUT2D eigenvalue weighted by Gasteiger charge is 2.26. The third-order valence-electron chi connectivity index (χ3n) is 2.05. The number of nitro benzene ring substituents is 1. The zero-order valence-corrected chi connectivity index (χ0v) is 10.9. The number of nitrogens with one attached hydrogen (secondary N) is 1. The molecule has 0 atom stereocenters. The van der Waals surface area contributed by atoms with E-state index in [2.05, 4.69) is 9.57 Å². The van der Waals surface area contributed by atoms with Gasteiger partial charge in [0.25, 0.3) is 10.0 Å². The van der Waals surface area contributed by atoms with E-state index in [0.29, 0.717) is 0 Å². The minimum absolute atomic E-state index is 0.0641. The summed E-state index contributed by atoms with van der Waals surface area (Å²) in [5, 5.41) is 10.5. The molecule has 0 aliphatic heterocycles. The van der Waals surface area contributed by atoms with Gasteiger partial charge in [-0.1, -0.05) is 4.89 Å². The molecule has 20 heavy (non-hydrogen) atoms. The van der Waals surface area contributed by atoms with Gasteiger partial charge in [-0.2, -0.15) is 4.39 Å². The highest BCUT2D eigenvalue weighted by Crippen LogP contribution is 2.24. The first-order valence-electron chi connectivity index (χ1n) is 5.05. The number of nitro groups is 1. The molecule has 0 spiro atoms. The molecule has 112 valence electrons. The molecule has 0 saturated heterocycles. The van der Waals surface area contributed by atoms with Gasteiger partial charge < -0.3 is 4.74 Å². The summed E-state index contributed by atoms with van der Waals surface area (Å²) in [6, 6.07) is 0.383. The van der Waals surface area contributed by atoms with Gasteiger partial charge in [0.1, 0.15) is 10.7 Å². The van der Waals surface area contributed by atoms with Crippen LogP contribution < -0.4 is 4.89 Å². The zero-order valence-electron chi connectivity index (χ0n) is 10.1. The van der Waals surface area contributed by atoms with Crippen LogP contribution in [0.5, 0.6) is 0 Å². The average molecular weight is 312 g/mol. The molecule has 11 heteroatoms. The Morgan fingerprint density at radius 1 is 1.30 bits per heavy atom. The molecule has 0 unspecified atom stereocenters. The summed E-state index contributed by atoms with van der Waals surface area (Å²) in [4.78, 5) is 14.3. The molecule has 0 aliphatic rings. The van der Waals surface area contributed by atoms with Gasteiger partial charge in [-0.25, -0.2) is 12.8 Å². The summed E-state index contributed by atoms with van der Waals surface area (Å²) < 4.78 is 54.3. The van der Waals surface area contributed by atoms with E-state index < -0.39 is 37.2 Å². The van der Waals surface area contributed by atoms with Crippen LogP contribution in [0.15, 0.2) is 17.0 Å². The summed E-state index contributed by atoms with van der Waals surface area (Å²) in [7, 11) is -3.17.